The standard InChI is InChI=1S/C5H4N4O/c10-5-1-4-2-7-8-9(4)3-6-5/h1-3,8H. The number of hydrogen-bond donors (Lipinski definition) is 1. The highest BCUT2D eigenvalue weighted by atomic mass is 16.1. The van der Waals surface area contributed by atoms with Crippen molar-refractivity contribution in [2.45, 2.75) is 0 Å². The minimum Gasteiger partial charge on any atom is -0.267 e. The molecule has 5 nitrogen and oxygen atoms in total. The molecule has 0 radical (unpaired) electrons. The number of rotatable bonds is 0. The Labute approximate surface area is 55.3 Å². The van der Waals surface area contributed by atoms with Gasteiger partial charge >= 0.3 is 0 Å². The van der Waals surface area contributed by atoms with Crippen molar-refractivity contribution in [2.24, 2.45) is 0 Å². The number of aromatic nitrogens is 4. The SMILES string of the molecule is O=c1cc2cn[nH]n2cn1. The molecule has 0 unspecified atom stereocenters. The molecule has 10 heavy (non-hydrogen) atoms. The summed E-state index contributed by atoms with van der Waals surface area (Å²) < 4.78 is 1.56. The van der Waals surface area contributed by atoms with Crippen LogP contribution in [0.4, 0.5) is 0 Å². The largest absolute Gasteiger partial charge is 0.273 e. The van der Waals surface area contributed by atoms with E-state index in [0.717, 1.165) is 5.52 Å². The van der Waals surface area contributed by atoms with Gasteiger partial charge in [0.2, 0.25) is 0 Å². The van der Waals surface area contributed by atoms with E-state index in [1.807, 2.05) is 0 Å². The Hall–Kier alpha value is -1.65. The fourth-order valence-corrected chi connectivity index (χ4v) is 0.755. The molecular weight excluding hydrogens is 132 g/mol. The van der Waals surface area contributed by atoms with E-state index >= 15 is 0 Å². The van der Waals surface area contributed by atoms with Gasteiger partial charge in [0, 0.05) is 6.07 Å². The molecule has 0 aliphatic heterocycles. The minimum absolute atomic E-state index is 0.249. The summed E-state index contributed by atoms with van der Waals surface area (Å²) in [5.74, 6) is 0. The molecule has 0 saturated heterocycles. The van der Waals surface area contributed by atoms with Crippen LogP contribution in [-0.2, 0) is 0 Å². The first-order valence-corrected chi connectivity index (χ1v) is 2.74. The molecule has 0 aromatic carbocycles. The summed E-state index contributed by atoms with van der Waals surface area (Å²) in [5.41, 5.74) is 0.474. The highest BCUT2D eigenvalue weighted by molar-refractivity contribution is 5.40. The van der Waals surface area contributed by atoms with Crippen molar-refractivity contribution in [3.8, 4) is 0 Å². The molecule has 0 aliphatic rings. The lowest BCUT2D eigenvalue weighted by atomic mass is 10.5. The van der Waals surface area contributed by atoms with Crippen molar-refractivity contribution in [3.63, 3.8) is 0 Å². The molecule has 2 rings (SSSR count). The molecule has 0 spiro atoms. The van der Waals surface area contributed by atoms with Gasteiger partial charge in [-0.1, -0.05) is 0 Å². The topological polar surface area (TPSA) is 63.0 Å². The zero-order valence-corrected chi connectivity index (χ0v) is 4.98. The second-order valence-electron chi connectivity index (χ2n) is 1.88. The van der Waals surface area contributed by atoms with Gasteiger partial charge in [0.1, 0.15) is 6.33 Å². The summed E-state index contributed by atoms with van der Waals surface area (Å²) in [7, 11) is 0. The molecule has 50 valence electrons. The van der Waals surface area contributed by atoms with Crippen LogP contribution in [0.25, 0.3) is 5.52 Å². The van der Waals surface area contributed by atoms with Crippen LogP contribution in [0, 0.1) is 0 Å². The zero-order valence-electron chi connectivity index (χ0n) is 4.98. The van der Waals surface area contributed by atoms with E-state index in [1.165, 1.54) is 12.4 Å². The lowest BCUT2D eigenvalue weighted by Crippen LogP contribution is -2.05. The predicted molar refractivity (Wildman–Crippen MR) is 33.6 cm³/mol. The normalized spacial score (nSPS) is 10.4. The van der Waals surface area contributed by atoms with Gasteiger partial charge < -0.3 is 0 Å². The summed E-state index contributed by atoms with van der Waals surface area (Å²) in [4.78, 5) is 14.1. The minimum atomic E-state index is -0.249. The maximum Gasteiger partial charge on any atom is 0.273 e. The number of nitrogens with one attached hydrogen (secondary N) is 1. The van der Waals surface area contributed by atoms with Gasteiger partial charge in [0.05, 0.1) is 11.7 Å². The van der Waals surface area contributed by atoms with Gasteiger partial charge in [-0.3, -0.25) is 4.79 Å². The van der Waals surface area contributed by atoms with E-state index in [2.05, 4.69) is 15.3 Å². The summed E-state index contributed by atoms with van der Waals surface area (Å²) in [6.45, 7) is 0. The van der Waals surface area contributed by atoms with Crippen molar-refractivity contribution in [1.82, 2.24) is 19.8 Å². The van der Waals surface area contributed by atoms with Gasteiger partial charge in [-0.25, -0.2) is 9.73 Å². The van der Waals surface area contributed by atoms with E-state index < -0.39 is 0 Å². The van der Waals surface area contributed by atoms with Crippen molar-refractivity contribution in [1.29, 1.82) is 0 Å². The fraction of sp³-hybridized carbons (Fsp3) is 0. The quantitative estimate of drug-likeness (QED) is 0.526. The maximum atomic E-state index is 10.6. The molecular formula is C5H4N4O. The first-order chi connectivity index (χ1) is 4.86. The number of nitrogens with zero attached hydrogens (tertiary/aromatic N) is 3. The average molecular weight is 136 g/mol. The molecule has 0 bridgehead atoms. The Balaban J connectivity index is 2.99. The molecule has 0 atom stereocenters. The fourth-order valence-electron chi connectivity index (χ4n) is 0.755. The second kappa shape index (κ2) is 1.66. The first-order valence-electron chi connectivity index (χ1n) is 2.74. The molecule has 0 saturated carbocycles. The highest BCUT2D eigenvalue weighted by Gasteiger charge is 1.91. The molecule has 2 aromatic heterocycles. The van der Waals surface area contributed by atoms with E-state index in [0.29, 0.717) is 0 Å². The smallest absolute Gasteiger partial charge is 0.267 e. The van der Waals surface area contributed by atoms with Crippen LogP contribution in [-0.4, -0.2) is 19.8 Å². The lowest BCUT2D eigenvalue weighted by Gasteiger charge is -1.85. The summed E-state index contributed by atoms with van der Waals surface area (Å²) in [5, 5.41) is 6.31. The van der Waals surface area contributed by atoms with Gasteiger partial charge in [-0.2, -0.15) is 10.1 Å². The summed E-state index contributed by atoms with van der Waals surface area (Å²) in [6.07, 6.45) is 2.95. The maximum absolute atomic E-state index is 10.6. The van der Waals surface area contributed by atoms with Gasteiger partial charge in [0.25, 0.3) is 5.56 Å². The predicted octanol–water partition coefficient (Wildman–Crippen LogP) is -0.582. The first kappa shape index (κ1) is 5.16. The molecule has 0 aliphatic carbocycles. The third-order valence-corrected chi connectivity index (χ3v) is 1.21. The van der Waals surface area contributed by atoms with Crippen LogP contribution >= 0.6 is 0 Å². The number of hydrogen-bond acceptors (Lipinski definition) is 3. The van der Waals surface area contributed by atoms with E-state index in [-0.39, 0.29) is 5.56 Å². The van der Waals surface area contributed by atoms with Gasteiger partial charge in [-0.05, 0) is 0 Å². The Bertz CT molecular complexity index is 401. The number of aromatic amines is 1. The molecule has 5 heteroatoms. The molecule has 0 amide bonds. The Morgan fingerprint density at radius 3 is 3.40 bits per heavy atom. The van der Waals surface area contributed by atoms with Crippen molar-refractivity contribution in [2.75, 3.05) is 0 Å². The number of fused-ring (bicyclic) bond motifs is 1. The van der Waals surface area contributed by atoms with E-state index in [9.17, 15) is 4.79 Å². The van der Waals surface area contributed by atoms with Crippen molar-refractivity contribution >= 4 is 5.52 Å². The Morgan fingerprint density at radius 1 is 1.60 bits per heavy atom. The van der Waals surface area contributed by atoms with Crippen LogP contribution in [0.3, 0.4) is 0 Å². The van der Waals surface area contributed by atoms with Crippen molar-refractivity contribution < 1.29 is 0 Å². The third-order valence-electron chi connectivity index (χ3n) is 1.21. The third kappa shape index (κ3) is 0.604. The van der Waals surface area contributed by atoms with Crippen LogP contribution < -0.4 is 5.56 Å². The molecule has 2 heterocycles. The number of H-pyrrole nitrogens is 1. The summed E-state index contributed by atoms with van der Waals surface area (Å²) in [6, 6.07) is 1.41. The zero-order chi connectivity index (χ0) is 6.97. The Kier molecular flexibility index (Phi) is 0.858. The summed E-state index contributed by atoms with van der Waals surface area (Å²) >= 11 is 0. The molecule has 2 aromatic rings. The van der Waals surface area contributed by atoms with Crippen LogP contribution in [0.5, 0.6) is 0 Å². The second-order valence-corrected chi connectivity index (χ2v) is 1.88. The van der Waals surface area contributed by atoms with E-state index in [1.54, 1.807) is 10.7 Å². The van der Waals surface area contributed by atoms with Gasteiger partial charge in [0.15, 0.2) is 0 Å². The van der Waals surface area contributed by atoms with Crippen LogP contribution in [0.2, 0.25) is 0 Å². The molecule has 1 N–H and O–H groups in total. The average Bonchev–Trinajstić information content (AvgIpc) is 2.33. The van der Waals surface area contributed by atoms with E-state index in [4.69, 9.17) is 0 Å². The monoisotopic (exact) mass is 136 g/mol. The highest BCUT2D eigenvalue weighted by Crippen LogP contribution is 1.89. The van der Waals surface area contributed by atoms with Gasteiger partial charge in [-0.15, -0.1) is 0 Å². The van der Waals surface area contributed by atoms with Crippen LogP contribution in [0.1, 0.15) is 0 Å². The molecule has 0 fully saturated rings. The van der Waals surface area contributed by atoms with Crippen molar-refractivity contribution in [3.05, 3.63) is 28.9 Å². The Morgan fingerprint density at radius 2 is 2.50 bits per heavy atom. The van der Waals surface area contributed by atoms with Crippen LogP contribution in [0.15, 0.2) is 23.4 Å². The lowest BCUT2D eigenvalue weighted by molar-refractivity contribution is 0.830.